The number of rotatable bonds is 9. The van der Waals surface area contributed by atoms with Crippen molar-refractivity contribution in [3.8, 4) is 17.2 Å². The standard InChI is InChI=1S/C22H26N2O7/c1-13-7-6-8-16(9-13)24-21(26)14(2)31-19(25)12-23-22(27)15-10-17(28-3)20(30-5)18(11-15)29-4/h6-11,14H,12H2,1-5H3,(H,23,27)(H,24,26). The molecule has 0 aliphatic carbocycles. The molecule has 2 N–H and O–H groups in total. The summed E-state index contributed by atoms with van der Waals surface area (Å²) in [6, 6.07) is 10.1. The van der Waals surface area contributed by atoms with Gasteiger partial charge in [0.2, 0.25) is 5.75 Å². The molecule has 9 heteroatoms. The van der Waals surface area contributed by atoms with Crippen LogP contribution in [0.3, 0.4) is 0 Å². The maximum absolute atomic E-state index is 12.4. The predicted molar refractivity (Wildman–Crippen MR) is 114 cm³/mol. The minimum Gasteiger partial charge on any atom is -0.493 e. The lowest BCUT2D eigenvalue weighted by molar-refractivity contribution is -0.152. The normalized spacial score (nSPS) is 11.1. The maximum Gasteiger partial charge on any atom is 0.326 e. The van der Waals surface area contributed by atoms with Gasteiger partial charge in [-0.25, -0.2) is 0 Å². The molecule has 0 aromatic heterocycles. The minimum atomic E-state index is -1.04. The molecule has 0 saturated heterocycles. The van der Waals surface area contributed by atoms with E-state index in [0.717, 1.165) is 5.56 Å². The molecule has 1 atom stereocenters. The number of hydrogen-bond acceptors (Lipinski definition) is 7. The zero-order valence-electron chi connectivity index (χ0n) is 18.1. The monoisotopic (exact) mass is 430 g/mol. The zero-order chi connectivity index (χ0) is 23.0. The van der Waals surface area contributed by atoms with E-state index in [1.54, 1.807) is 18.2 Å². The molecular formula is C22H26N2O7. The lowest BCUT2D eigenvalue weighted by atomic mass is 10.1. The second-order valence-corrected chi connectivity index (χ2v) is 6.59. The number of ether oxygens (including phenoxy) is 4. The zero-order valence-corrected chi connectivity index (χ0v) is 18.1. The van der Waals surface area contributed by atoms with Crippen molar-refractivity contribution < 1.29 is 33.3 Å². The van der Waals surface area contributed by atoms with Crippen LogP contribution in [0, 0.1) is 6.92 Å². The van der Waals surface area contributed by atoms with Crippen LogP contribution in [0.1, 0.15) is 22.8 Å². The van der Waals surface area contributed by atoms with Crippen molar-refractivity contribution in [2.24, 2.45) is 0 Å². The Labute approximate surface area is 180 Å². The first-order chi connectivity index (χ1) is 14.8. The summed E-state index contributed by atoms with van der Waals surface area (Å²) in [6.07, 6.45) is -1.04. The molecule has 2 rings (SSSR count). The molecule has 31 heavy (non-hydrogen) atoms. The molecule has 2 aromatic rings. The molecule has 0 aliphatic heterocycles. The molecule has 166 valence electrons. The minimum absolute atomic E-state index is 0.201. The van der Waals surface area contributed by atoms with Gasteiger partial charge >= 0.3 is 5.97 Å². The largest absolute Gasteiger partial charge is 0.493 e. The molecule has 1 unspecified atom stereocenters. The SMILES string of the molecule is COc1cc(C(=O)NCC(=O)OC(C)C(=O)Nc2cccc(C)c2)cc(OC)c1OC. The van der Waals surface area contributed by atoms with Crippen molar-refractivity contribution in [2.75, 3.05) is 33.2 Å². The van der Waals surface area contributed by atoms with Gasteiger partial charge in [-0.2, -0.15) is 0 Å². The number of esters is 1. The topological polar surface area (TPSA) is 112 Å². The molecule has 0 saturated carbocycles. The van der Waals surface area contributed by atoms with Crippen molar-refractivity contribution in [3.63, 3.8) is 0 Å². The van der Waals surface area contributed by atoms with Gasteiger partial charge in [-0.15, -0.1) is 0 Å². The molecule has 0 bridgehead atoms. The Kier molecular flexibility index (Phi) is 8.25. The van der Waals surface area contributed by atoms with Gasteiger partial charge in [0.05, 0.1) is 21.3 Å². The molecule has 2 amide bonds. The van der Waals surface area contributed by atoms with Crippen LogP contribution in [0.15, 0.2) is 36.4 Å². The van der Waals surface area contributed by atoms with Gasteiger partial charge < -0.3 is 29.6 Å². The Bertz CT molecular complexity index is 934. The summed E-state index contributed by atoms with van der Waals surface area (Å²) in [6.45, 7) is 2.93. The molecule has 0 fully saturated rings. The van der Waals surface area contributed by atoms with E-state index in [1.165, 1.54) is 40.4 Å². The maximum atomic E-state index is 12.4. The smallest absolute Gasteiger partial charge is 0.326 e. The lowest BCUT2D eigenvalue weighted by Crippen LogP contribution is -2.35. The van der Waals surface area contributed by atoms with Gasteiger partial charge in [-0.1, -0.05) is 12.1 Å². The average Bonchev–Trinajstić information content (AvgIpc) is 2.76. The van der Waals surface area contributed by atoms with Crippen LogP contribution in [-0.2, 0) is 14.3 Å². The summed E-state index contributed by atoms with van der Waals surface area (Å²) in [5, 5.41) is 5.11. The van der Waals surface area contributed by atoms with E-state index in [4.69, 9.17) is 18.9 Å². The highest BCUT2D eigenvalue weighted by molar-refractivity contribution is 5.98. The number of nitrogens with one attached hydrogen (secondary N) is 2. The Morgan fingerprint density at radius 1 is 0.968 bits per heavy atom. The average molecular weight is 430 g/mol. The van der Waals surface area contributed by atoms with Gasteiger partial charge in [0.15, 0.2) is 17.6 Å². The highest BCUT2D eigenvalue weighted by Gasteiger charge is 2.20. The summed E-state index contributed by atoms with van der Waals surface area (Å²) < 4.78 is 20.7. The van der Waals surface area contributed by atoms with E-state index >= 15 is 0 Å². The number of anilines is 1. The van der Waals surface area contributed by atoms with Crippen LogP contribution in [0.2, 0.25) is 0 Å². The Morgan fingerprint density at radius 3 is 2.16 bits per heavy atom. The second-order valence-electron chi connectivity index (χ2n) is 6.59. The molecule has 0 aliphatic rings. The third-order valence-electron chi connectivity index (χ3n) is 4.28. The highest BCUT2D eigenvalue weighted by atomic mass is 16.5. The number of amides is 2. The fourth-order valence-electron chi connectivity index (χ4n) is 2.73. The number of aryl methyl sites for hydroxylation is 1. The third-order valence-corrected chi connectivity index (χ3v) is 4.28. The first kappa shape index (κ1) is 23.5. The van der Waals surface area contributed by atoms with E-state index in [2.05, 4.69) is 10.6 Å². The Hall–Kier alpha value is -3.75. The summed E-state index contributed by atoms with van der Waals surface area (Å²) in [5.41, 5.74) is 1.79. The second kappa shape index (κ2) is 10.9. The highest BCUT2D eigenvalue weighted by Crippen LogP contribution is 2.38. The molecule has 9 nitrogen and oxygen atoms in total. The summed E-state index contributed by atoms with van der Waals surface area (Å²) >= 11 is 0. The van der Waals surface area contributed by atoms with Gasteiger partial charge in [0.1, 0.15) is 6.54 Å². The van der Waals surface area contributed by atoms with Crippen molar-refractivity contribution in [1.82, 2.24) is 5.32 Å². The molecule has 0 spiro atoms. The Morgan fingerprint density at radius 2 is 1.61 bits per heavy atom. The van der Waals surface area contributed by atoms with E-state index in [1.807, 2.05) is 13.0 Å². The Balaban J connectivity index is 1.93. The number of carbonyl (C=O) groups excluding carboxylic acids is 3. The summed E-state index contributed by atoms with van der Waals surface area (Å²) in [4.78, 5) is 36.7. The molecular weight excluding hydrogens is 404 g/mol. The van der Waals surface area contributed by atoms with Crippen LogP contribution < -0.4 is 24.8 Å². The van der Waals surface area contributed by atoms with Crippen molar-refractivity contribution >= 4 is 23.5 Å². The third kappa shape index (κ3) is 6.36. The van der Waals surface area contributed by atoms with Gasteiger partial charge in [0.25, 0.3) is 11.8 Å². The summed E-state index contributed by atoms with van der Waals surface area (Å²) in [7, 11) is 4.31. The van der Waals surface area contributed by atoms with Gasteiger partial charge in [-0.3, -0.25) is 14.4 Å². The van der Waals surface area contributed by atoms with Crippen molar-refractivity contribution in [3.05, 3.63) is 47.5 Å². The van der Waals surface area contributed by atoms with E-state index in [0.29, 0.717) is 22.9 Å². The van der Waals surface area contributed by atoms with Crippen LogP contribution in [0.4, 0.5) is 5.69 Å². The fraction of sp³-hybridized carbons (Fsp3) is 0.318. The van der Waals surface area contributed by atoms with Crippen molar-refractivity contribution in [2.45, 2.75) is 20.0 Å². The van der Waals surface area contributed by atoms with Crippen LogP contribution in [-0.4, -0.2) is 51.8 Å². The fourth-order valence-corrected chi connectivity index (χ4v) is 2.73. The summed E-state index contributed by atoms with van der Waals surface area (Å²) in [5.74, 6) is -0.836. The van der Waals surface area contributed by atoms with Crippen LogP contribution >= 0.6 is 0 Å². The lowest BCUT2D eigenvalue weighted by Gasteiger charge is -2.15. The number of hydrogen-bond donors (Lipinski definition) is 2. The van der Waals surface area contributed by atoms with E-state index in [9.17, 15) is 14.4 Å². The van der Waals surface area contributed by atoms with Gasteiger partial charge in [0, 0.05) is 11.3 Å². The number of carbonyl (C=O) groups is 3. The van der Waals surface area contributed by atoms with E-state index in [-0.39, 0.29) is 5.56 Å². The van der Waals surface area contributed by atoms with E-state index < -0.39 is 30.4 Å². The molecule has 0 radical (unpaired) electrons. The van der Waals surface area contributed by atoms with Crippen molar-refractivity contribution in [1.29, 1.82) is 0 Å². The number of benzene rings is 2. The number of methoxy groups -OCH3 is 3. The molecule has 2 aromatic carbocycles. The quantitative estimate of drug-likeness (QED) is 0.587. The first-order valence-electron chi connectivity index (χ1n) is 9.44. The predicted octanol–water partition coefficient (Wildman–Crippen LogP) is 2.32. The molecule has 0 heterocycles. The van der Waals surface area contributed by atoms with Crippen LogP contribution in [0.25, 0.3) is 0 Å². The first-order valence-corrected chi connectivity index (χ1v) is 9.44. The van der Waals surface area contributed by atoms with Gasteiger partial charge in [-0.05, 0) is 43.7 Å². The van der Waals surface area contributed by atoms with Crippen LogP contribution in [0.5, 0.6) is 17.2 Å².